The lowest BCUT2D eigenvalue weighted by Crippen LogP contribution is -2.17. The van der Waals surface area contributed by atoms with Gasteiger partial charge in [0.25, 0.3) is 0 Å². The molecule has 3 nitrogen and oxygen atoms in total. The quantitative estimate of drug-likeness (QED) is 0.776. The van der Waals surface area contributed by atoms with E-state index in [-0.39, 0.29) is 5.69 Å². The van der Waals surface area contributed by atoms with E-state index in [0.717, 1.165) is 21.1 Å². The molecule has 0 saturated heterocycles. The number of halogens is 1. The molecule has 0 amide bonds. The van der Waals surface area contributed by atoms with E-state index in [1.807, 2.05) is 48.5 Å². The Morgan fingerprint density at radius 3 is 2.61 bits per heavy atom. The van der Waals surface area contributed by atoms with Crippen molar-refractivity contribution in [2.24, 2.45) is 0 Å². The molecule has 1 heterocycles. The number of benzene rings is 2. The molecule has 0 aliphatic rings. The molecule has 0 aliphatic carbocycles. The minimum absolute atomic E-state index is 0.0769. The summed E-state index contributed by atoms with van der Waals surface area (Å²) in [6.45, 7) is 0.560. The van der Waals surface area contributed by atoms with Crippen LogP contribution in [0.5, 0.6) is 0 Å². The van der Waals surface area contributed by atoms with Crippen LogP contribution in [0.2, 0.25) is 0 Å². The van der Waals surface area contributed by atoms with E-state index in [1.54, 1.807) is 4.57 Å². The van der Waals surface area contributed by atoms with Crippen molar-refractivity contribution in [2.75, 3.05) is 0 Å². The fourth-order valence-corrected chi connectivity index (χ4v) is 2.47. The second-order valence-corrected chi connectivity index (χ2v) is 4.98. The summed E-state index contributed by atoms with van der Waals surface area (Å²) in [4.78, 5) is 14.8. The Kier molecular flexibility index (Phi) is 2.80. The Hall–Kier alpha value is -1.81. The Balaban J connectivity index is 2.13. The summed E-state index contributed by atoms with van der Waals surface area (Å²) in [7, 11) is 0. The van der Waals surface area contributed by atoms with E-state index in [2.05, 4.69) is 20.9 Å². The first-order valence-electron chi connectivity index (χ1n) is 5.66. The van der Waals surface area contributed by atoms with Gasteiger partial charge in [0.2, 0.25) is 0 Å². The monoisotopic (exact) mass is 302 g/mol. The molecule has 1 aromatic heterocycles. The van der Waals surface area contributed by atoms with Crippen molar-refractivity contribution >= 4 is 27.0 Å². The predicted octanol–water partition coefficient (Wildman–Crippen LogP) is 3.14. The van der Waals surface area contributed by atoms with Crippen molar-refractivity contribution in [3.05, 3.63) is 69.1 Å². The van der Waals surface area contributed by atoms with E-state index >= 15 is 0 Å². The Bertz CT molecular complexity index is 758. The van der Waals surface area contributed by atoms with Crippen LogP contribution in [0.4, 0.5) is 0 Å². The zero-order chi connectivity index (χ0) is 12.5. The van der Waals surface area contributed by atoms with Gasteiger partial charge < -0.3 is 4.98 Å². The molecule has 0 saturated carbocycles. The number of fused-ring (bicyclic) bond motifs is 1. The normalized spacial score (nSPS) is 10.9. The summed E-state index contributed by atoms with van der Waals surface area (Å²) >= 11 is 3.51. The van der Waals surface area contributed by atoms with Gasteiger partial charge in [0.1, 0.15) is 0 Å². The van der Waals surface area contributed by atoms with Crippen molar-refractivity contribution in [3.8, 4) is 0 Å². The van der Waals surface area contributed by atoms with Crippen LogP contribution in [0.3, 0.4) is 0 Å². The summed E-state index contributed by atoms with van der Waals surface area (Å²) in [5, 5.41) is 0. The maximum absolute atomic E-state index is 11.9. The highest BCUT2D eigenvalue weighted by Gasteiger charge is 2.07. The third-order valence-electron chi connectivity index (χ3n) is 2.97. The fraction of sp³-hybridized carbons (Fsp3) is 0.0714. The van der Waals surface area contributed by atoms with Gasteiger partial charge in [0.05, 0.1) is 17.6 Å². The molecule has 2 aromatic carbocycles. The highest BCUT2D eigenvalue weighted by Crippen LogP contribution is 2.18. The van der Waals surface area contributed by atoms with E-state index < -0.39 is 0 Å². The van der Waals surface area contributed by atoms with Gasteiger partial charge in [-0.3, -0.25) is 4.57 Å². The number of nitrogens with one attached hydrogen (secondary N) is 1. The molecule has 0 spiro atoms. The van der Waals surface area contributed by atoms with Crippen LogP contribution >= 0.6 is 15.9 Å². The number of nitrogens with zero attached hydrogens (tertiary/aromatic N) is 1. The standard InChI is InChI=1S/C14H11BrN2O/c15-11-6-2-1-5-10(11)9-17-13-8-4-3-7-12(13)16-14(17)18/h1-8H,9H2,(H,16,18). The van der Waals surface area contributed by atoms with Crippen molar-refractivity contribution in [1.82, 2.24) is 9.55 Å². The smallest absolute Gasteiger partial charge is 0.306 e. The summed E-state index contributed by atoms with van der Waals surface area (Å²) in [6, 6.07) is 15.6. The first-order chi connectivity index (χ1) is 8.75. The maximum atomic E-state index is 11.9. The van der Waals surface area contributed by atoms with Crippen molar-refractivity contribution in [2.45, 2.75) is 6.54 Å². The number of hydrogen-bond acceptors (Lipinski definition) is 1. The van der Waals surface area contributed by atoms with Gasteiger partial charge in [-0.15, -0.1) is 0 Å². The number of hydrogen-bond donors (Lipinski definition) is 1. The van der Waals surface area contributed by atoms with Crippen LogP contribution in [0.1, 0.15) is 5.56 Å². The molecular formula is C14H11BrN2O. The van der Waals surface area contributed by atoms with Gasteiger partial charge in [0, 0.05) is 4.47 Å². The number of aromatic nitrogens is 2. The average molecular weight is 303 g/mol. The lowest BCUT2D eigenvalue weighted by atomic mass is 10.2. The SMILES string of the molecule is O=c1[nH]c2ccccc2n1Cc1ccccc1Br. The largest absolute Gasteiger partial charge is 0.326 e. The summed E-state index contributed by atoms with van der Waals surface area (Å²) in [6.07, 6.45) is 0. The summed E-state index contributed by atoms with van der Waals surface area (Å²) < 4.78 is 2.76. The van der Waals surface area contributed by atoms with Gasteiger partial charge >= 0.3 is 5.69 Å². The minimum Gasteiger partial charge on any atom is -0.306 e. The molecule has 4 heteroatoms. The van der Waals surface area contributed by atoms with Gasteiger partial charge in [-0.2, -0.15) is 0 Å². The van der Waals surface area contributed by atoms with Crippen LogP contribution in [0.15, 0.2) is 57.8 Å². The minimum atomic E-state index is -0.0769. The maximum Gasteiger partial charge on any atom is 0.326 e. The molecule has 0 atom stereocenters. The van der Waals surface area contributed by atoms with Crippen LogP contribution < -0.4 is 5.69 Å². The van der Waals surface area contributed by atoms with E-state index in [4.69, 9.17) is 0 Å². The fourth-order valence-electron chi connectivity index (χ4n) is 2.06. The number of imidazole rings is 1. The first-order valence-corrected chi connectivity index (χ1v) is 6.46. The molecule has 3 aromatic rings. The average Bonchev–Trinajstić information content (AvgIpc) is 2.69. The second-order valence-electron chi connectivity index (χ2n) is 4.12. The highest BCUT2D eigenvalue weighted by atomic mass is 79.9. The van der Waals surface area contributed by atoms with Crippen LogP contribution in [-0.4, -0.2) is 9.55 Å². The van der Waals surface area contributed by atoms with E-state index in [1.165, 1.54) is 0 Å². The van der Waals surface area contributed by atoms with Gasteiger partial charge in [0.15, 0.2) is 0 Å². The van der Waals surface area contributed by atoms with E-state index in [9.17, 15) is 4.79 Å². The van der Waals surface area contributed by atoms with Gasteiger partial charge in [-0.25, -0.2) is 4.79 Å². The molecule has 18 heavy (non-hydrogen) atoms. The van der Waals surface area contributed by atoms with Crippen LogP contribution in [-0.2, 0) is 6.54 Å². The lowest BCUT2D eigenvalue weighted by molar-refractivity contribution is 0.784. The number of aromatic amines is 1. The Morgan fingerprint density at radius 2 is 1.78 bits per heavy atom. The highest BCUT2D eigenvalue weighted by molar-refractivity contribution is 9.10. The van der Waals surface area contributed by atoms with Crippen molar-refractivity contribution in [1.29, 1.82) is 0 Å². The molecular weight excluding hydrogens is 292 g/mol. The third kappa shape index (κ3) is 1.88. The molecule has 90 valence electrons. The molecule has 0 unspecified atom stereocenters. The zero-order valence-corrected chi connectivity index (χ0v) is 11.1. The number of para-hydroxylation sites is 2. The summed E-state index contributed by atoms with van der Waals surface area (Å²) in [5.41, 5.74) is 2.81. The molecule has 1 N–H and O–H groups in total. The third-order valence-corrected chi connectivity index (χ3v) is 3.74. The molecule has 0 radical (unpaired) electrons. The molecule has 0 fully saturated rings. The van der Waals surface area contributed by atoms with E-state index in [0.29, 0.717) is 6.54 Å². The van der Waals surface area contributed by atoms with Crippen molar-refractivity contribution < 1.29 is 0 Å². The molecule has 0 bridgehead atoms. The molecule has 3 rings (SSSR count). The van der Waals surface area contributed by atoms with Crippen molar-refractivity contribution in [3.63, 3.8) is 0 Å². The van der Waals surface area contributed by atoms with Crippen LogP contribution in [0.25, 0.3) is 11.0 Å². The lowest BCUT2D eigenvalue weighted by Gasteiger charge is -2.05. The Morgan fingerprint density at radius 1 is 1.06 bits per heavy atom. The zero-order valence-electron chi connectivity index (χ0n) is 9.56. The molecule has 0 aliphatic heterocycles. The van der Waals surface area contributed by atoms with Gasteiger partial charge in [-0.1, -0.05) is 46.3 Å². The summed E-state index contributed by atoms with van der Waals surface area (Å²) in [5.74, 6) is 0. The Labute approximate surface area is 112 Å². The number of rotatable bonds is 2. The van der Waals surface area contributed by atoms with Gasteiger partial charge in [-0.05, 0) is 23.8 Å². The second kappa shape index (κ2) is 4.46. The predicted molar refractivity (Wildman–Crippen MR) is 75.8 cm³/mol. The van der Waals surface area contributed by atoms with Crippen LogP contribution in [0, 0.1) is 0 Å². The number of H-pyrrole nitrogens is 1. The first kappa shape index (κ1) is 11.3. The topological polar surface area (TPSA) is 37.8 Å².